The molecule has 0 atom stereocenters. The van der Waals surface area contributed by atoms with Crippen molar-refractivity contribution >= 4 is 11.9 Å². The van der Waals surface area contributed by atoms with Gasteiger partial charge in [-0.1, -0.05) is 29.4 Å². The van der Waals surface area contributed by atoms with Gasteiger partial charge in [-0.15, -0.1) is 0 Å². The summed E-state index contributed by atoms with van der Waals surface area (Å²) in [5.41, 5.74) is 2.99. The summed E-state index contributed by atoms with van der Waals surface area (Å²) in [5, 5.41) is 12.0. The second-order valence-corrected chi connectivity index (χ2v) is 5.06. The Labute approximate surface area is 129 Å². The smallest absolute Gasteiger partial charge is 0.143 e. The number of rotatable bonds is 4. The monoisotopic (exact) mass is 298 g/mol. The Morgan fingerprint density at radius 2 is 2.09 bits per heavy atom. The van der Waals surface area contributed by atoms with Gasteiger partial charge in [0, 0.05) is 12.1 Å². The molecule has 22 heavy (non-hydrogen) atoms. The minimum atomic E-state index is 0.642. The molecule has 2 aromatic carbocycles. The second kappa shape index (κ2) is 6.39. The molecule has 0 saturated carbocycles. The van der Waals surface area contributed by atoms with Crippen LogP contribution in [0.5, 0.6) is 11.5 Å². The van der Waals surface area contributed by atoms with Gasteiger partial charge in [0.2, 0.25) is 0 Å². The third-order valence-corrected chi connectivity index (χ3v) is 3.69. The quantitative estimate of drug-likeness (QED) is 0.536. The fourth-order valence-electron chi connectivity index (χ4n) is 2.65. The van der Waals surface area contributed by atoms with Crippen LogP contribution in [0.4, 0.5) is 5.69 Å². The molecule has 0 aromatic heterocycles. The van der Waals surface area contributed by atoms with Gasteiger partial charge in [-0.05, 0) is 23.8 Å². The first-order chi connectivity index (χ1) is 10.8. The summed E-state index contributed by atoms with van der Waals surface area (Å²) in [5.74, 6) is 1.66. The lowest BCUT2D eigenvalue weighted by atomic mass is 10.1. The van der Waals surface area contributed by atoms with Crippen molar-refractivity contribution in [1.82, 2.24) is 0 Å². The third-order valence-electron chi connectivity index (χ3n) is 3.69. The maximum atomic E-state index is 8.85. The van der Waals surface area contributed by atoms with Crippen LogP contribution in [0.15, 0.2) is 47.6 Å². The van der Waals surface area contributed by atoms with E-state index >= 15 is 0 Å². The second-order valence-electron chi connectivity index (χ2n) is 5.06. The average molecular weight is 298 g/mol. The first kappa shape index (κ1) is 14.3. The summed E-state index contributed by atoms with van der Waals surface area (Å²) in [6.07, 6.45) is 1.44. The van der Waals surface area contributed by atoms with Gasteiger partial charge in [-0.2, -0.15) is 0 Å². The molecule has 3 rings (SSSR count). The van der Waals surface area contributed by atoms with E-state index in [-0.39, 0.29) is 0 Å². The zero-order valence-electron chi connectivity index (χ0n) is 12.4. The van der Waals surface area contributed by atoms with E-state index in [0.29, 0.717) is 6.61 Å². The number of oxime groups is 1. The minimum Gasteiger partial charge on any atom is -0.497 e. The highest BCUT2D eigenvalue weighted by atomic mass is 16.5. The van der Waals surface area contributed by atoms with E-state index in [2.05, 4.69) is 22.2 Å². The van der Waals surface area contributed by atoms with Crippen LogP contribution in [0.1, 0.15) is 11.1 Å². The molecule has 0 amide bonds. The van der Waals surface area contributed by atoms with Crippen LogP contribution in [-0.2, 0) is 6.54 Å². The number of para-hydroxylation sites is 1. The molecule has 5 heteroatoms. The zero-order chi connectivity index (χ0) is 15.4. The Hall–Kier alpha value is -2.69. The lowest BCUT2D eigenvalue weighted by Crippen LogP contribution is -2.33. The number of benzene rings is 2. The largest absolute Gasteiger partial charge is 0.497 e. The van der Waals surface area contributed by atoms with Crippen LogP contribution in [0.25, 0.3) is 0 Å². The summed E-state index contributed by atoms with van der Waals surface area (Å²) in [7, 11) is 1.66. The van der Waals surface area contributed by atoms with Crippen LogP contribution in [0, 0.1) is 0 Å². The normalized spacial score (nSPS) is 13.8. The van der Waals surface area contributed by atoms with E-state index in [1.807, 2.05) is 30.3 Å². The Morgan fingerprint density at radius 3 is 2.82 bits per heavy atom. The van der Waals surface area contributed by atoms with Crippen molar-refractivity contribution in [3.05, 3.63) is 53.6 Å². The first-order valence-corrected chi connectivity index (χ1v) is 7.13. The van der Waals surface area contributed by atoms with E-state index in [9.17, 15) is 0 Å². The summed E-state index contributed by atoms with van der Waals surface area (Å²) in [6, 6.07) is 13.8. The number of hydrogen-bond donors (Lipinski definition) is 1. The number of hydrogen-bond acceptors (Lipinski definition) is 5. The lowest BCUT2D eigenvalue weighted by Gasteiger charge is -2.32. The highest BCUT2D eigenvalue weighted by Crippen LogP contribution is 2.35. The zero-order valence-corrected chi connectivity index (χ0v) is 12.4. The van der Waals surface area contributed by atoms with E-state index in [1.54, 1.807) is 7.11 Å². The molecule has 1 aliphatic rings. The average Bonchev–Trinajstić information content (AvgIpc) is 2.56. The molecule has 0 radical (unpaired) electrons. The van der Waals surface area contributed by atoms with Crippen LogP contribution < -0.4 is 14.4 Å². The van der Waals surface area contributed by atoms with Gasteiger partial charge >= 0.3 is 0 Å². The van der Waals surface area contributed by atoms with Gasteiger partial charge in [0.1, 0.15) is 18.1 Å². The maximum Gasteiger partial charge on any atom is 0.143 e. The number of ether oxygens (including phenoxy) is 2. The van der Waals surface area contributed by atoms with Crippen molar-refractivity contribution in [3.63, 3.8) is 0 Å². The SMILES string of the molecule is COc1ccc(CN2CCOc3cccc(/C=N/O)c32)cc1. The van der Waals surface area contributed by atoms with Crippen molar-refractivity contribution in [3.8, 4) is 11.5 Å². The van der Waals surface area contributed by atoms with Crippen molar-refractivity contribution < 1.29 is 14.7 Å². The van der Waals surface area contributed by atoms with E-state index in [0.717, 1.165) is 35.8 Å². The molecule has 5 nitrogen and oxygen atoms in total. The molecule has 2 aromatic rings. The minimum absolute atomic E-state index is 0.642. The number of anilines is 1. The molecule has 0 fully saturated rings. The Morgan fingerprint density at radius 1 is 1.27 bits per heavy atom. The van der Waals surface area contributed by atoms with Gasteiger partial charge in [0.25, 0.3) is 0 Å². The predicted octanol–water partition coefficient (Wildman–Crippen LogP) is 2.90. The standard InChI is InChI=1S/C17H18N2O3/c1-21-15-7-5-13(6-8-15)12-19-9-10-22-16-4-2-3-14(11-18-20)17(16)19/h2-8,11,20H,9-10,12H2,1H3/b18-11+. The fraction of sp³-hybridized carbons (Fsp3) is 0.235. The fourth-order valence-corrected chi connectivity index (χ4v) is 2.65. The molecule has 1 N–H and O–H groups in total. The van der Waals surface area contributed by atoms with Gasteiger partial charge in [0.05, 0.1) is 25.6 Å². The molecule has 0 unspecified atom stereocenters. The maximum absolute atomic E-state index is 8.85. The molecule has 0 bridgehead atoms. The predicted molar refractivity (Wildman–Crippen MR) is 85.4 cm³/mol. The summed E-state index contributed by atoms with van der Waals surface area (Å²) >= 11 is 0. The van der Waals surface area contributed by atoms with Crippen LogP contribution in [0.2, 0.25) is 0 Å². The van der Waals surface area contributed by atoms with Crippen molar-refractivity contribution in [2.24, 2.45) is 5.16 Å². The molecule has 0 aliphatic carbocycles. The molecule has 1 heterocycles. The van der Waals surface area contributed by atoms with Gasteiger partial charge in [0.15, 0.2) is 0 Å². The molecule has 0 saturated heterocycles. The molecule has 0 spiro atoms. The molecule has 1 aliphatic heterocycles. The van der Waals surface area contributed by atoms with Crippen molar-refractivity contribution in [1.29, 1.82) is 0 Å². The molecular formula is C17H18N2O3. The van der Waals surface area contributed by atoms with E-state index < -0.39 is 0 Å². The summed E-state index contributed by atoms with van der Waals surface area (Å²) in [6.45, 7) is 2.19. The van der Waals surface area contributed by atoms with Crippen LogP contribution >= 0.6 is 0 Å². The van der Waals surface area contributed by atoms with Crippen molar-refractivity contribution in [2.75, 3.05) is 25.2 Å². The summed E-state index contributed by atoms with van der Waals surface area (Å²) in [4.78, 5) is 2.23. The van der Waals surface area contributed by atoms with Gasteiger partial charge in [-0.3, -0.25) is 0 Å². The highest BCUT2D eigenvalue weighted by molar-refractivity contribution is 5.90. The Kier molecular flexibility index (Phi) is 4.14. The van der Waals surface area contributed by atoms with Crippen molar-refractivity contribution in [2.45, 2.75) is 6.54 Å². The molecular weight excluding hydrogens is 280 g/mol. The van der Waals surface area contributed by atoms with Crippen LogP contribution in [0.3, 0.4) is 0 Å². The number of nitrogens with zero attached hydrogens (tertiary/aromatic N) is 2. The topological polar surface area (TPSA) is 54.3 Å². The number of fused-ring (bicyclic) bond motifs is 1. The third kappa shape index (κ3) is 2.83. The van der Waals surface area contributed by atoms with Gasteiger partial charge in [-0.25, -0.2) is 0 Å². The van der Waals surface area contributed by atoms with E-state index in [4.69, 9.17) is 14.7 Å². The number of methoxy groups -OCH3 is 1. The molecule has 114 valence electrons. The Balaban J connectivity index is 1.90. The summed E-state index contributed by atoms with van der Waals surface area (Å²) < 4.78 is 10.9. The lowest BCUT2D eigenvalue weighted by molar-refractivity contribution is 0.306. The highest BCUT2D eigenvalue weighted by Gasteiger charge is 2.21. The Bertz CT molecular complexity index is 668. The van der Waals surface area contributed by atoms with E-state index in [1.165, 1.54) is 11.8 Å². The van der Waals surface area contributed by atoms with Crippen LogP contribution in [-0.4, -0.2) is 31.7 Å². The first-order valence-electron chi connectivity index (χ1n) is 7.13. The van der Waals surface area contributed by atoms with Gasteiger partial charge < -0.3 is 19.6 Å².